The van der Waals surface area contributed by atoms with Gasteiger partial charge in [-0.1, -0.05) is 12.1 Å². The average Bonchev–Trinajstić information content (AvgIpc) is 2.92. The number of benzene rings is 2. The summed E-state index contributed by atoms with van der Waals surface area (Å²) in [7, 11) is 1.49. The summed E-state index contributed by atoms with van der Waals surface area (Å²) in [4.78, 5) is 51.6. The Morgan fingerprint density at radius 2 is 1.48 bits per heavy atom. The molecule has 1 N–H and O–H groups in total. The molecule has 3 amide bonds. The lowest BCUT2D eigenvalue weighted by molar-refractivity contribution is -0.148. The van der Waals surface area contributed by atoms with Crippen molar-refractivity contribution in [1.29, 1.82) is 0 Å². The number of β-lactam (4-membered cyclic amide) rings is 1. The van der Waals surface area contributed by atoms with Gasteiger partial charge in [-0.25, -0.2) is 4.79 Å². The lowest BCUT2D eigenvalue weighted by Crippen LogP contribution is -2.74. The number of ether oxygens (including phenoxy) is 1. The normalized spacial score (nSPS) is 21.1. The quantitative estimate of drug-likeness (QED) is 0.643. The largest absolute Gasteiger partial charge is 0.497 e. The van der Waals surface area contributed by atoms with E-state index in [2.05, 4.69) is 0 Å². The topological polar surface area (TPSA) is 104 Å². The molecule has 0 bridgehead atoms. The van der Waals surface area contributed by atoms with Crippen LogP contribution in [0.1, 0.15) is 20.7 Å². The van der Waals surface area contributed by atoms with Gasteiger partial charge < -0.3 is 9.84 Å². The van der Waals surface area contributed by atoms with Crippen LogP contribution in [0.3, 0.4) is 0 Å². The van der Waals surface area contributed by atoms with Gasteiger partial charge in [0.1, 0.15) is 5.75 Å². The van der Waals surface area contributed by atoms with Crippen LogP contribution < -0.4 is 9.64 Å². The van der Waals surface area contributed by atoms with E-state index in [1.807, 2.05) is 0 Å². The number of carbonyl (C=O) groups excluding carboxylic acids is 3. The van der Waals surface area contributed by atoms with Gasteiger partial charge in [0.05, 0.1) is 18.2 Å². The third-order valence-corrected chi connectivity index (χ3v) is 4.77. The lowest BCUT2D eigenvalue weighted by Gasteiger charge is -2.47. The van der Waals surface area contributed by atoms with Gasteiger partial charge in [-0.15, -0.1) is 0 Å². The molecule has 27 heavy (non-hydrogen) atoms. The smallest absolute Gasteiger partial charge is 0.329 e. The van der Waals surface area contributed by atoms with Crippen LogP contribution in [0.25, 0.3) is 0 Å². The third kappa shape index (κ3) is 2.30. The highest BCUT2D eigenvalue weighted by atomic mass is 16.5. The fraction of sp³-hybridized carbons (Fsp3) is 0.158. The van der Waals surface area contributed by atoms with Crippen LogP contribution in [-0.4, -0.2) is 52.9 Å². The van der Waals surface area contributed by atoms with E-state index < -0.39 is 35.8 Å². The molecule has 2 unspecified atom stereocenters. The van der Waals surface area contributed by atoms with E-state index in [9.17, 15) is 24.3 Å². The number of carbonyl (C=O) groups is 4. The molecule has 8 heteroatoms. The zero-order valence-corrected chi connectivity index (χ0v) is 14.2. The van der Waals surface area contributed by atoms with Crippen LogP contribution in [0.4, 0.5) is 5.69 Å². The Hall–Kier alpha value is -3.68. The number of nitrogens with zero attached hydrogens (tertiary/aromatic N) is 2. The number of amides is 3. The maximum atomic E-state index is 12.7. The number of hydrogen-bond acceptors (Lipinski definition) is 5. The Labute approximate surface area is 153 Å². The molecule has 0 spiro atoms. The monoisotopic (exact) mass is 366 g/mol. The number of carboxylic acids is 1. The second-order valence-corrected chi connectivity index (χ2v) is 6.16. The SMILES string of the molecule is COc1ccc(N2C(=O)C(N3C(=O)c4ccccc4C3=O)C2C(=O)O)cc1. The molecule has 2 aromatic carbocycles. The van der Waals surface area contributed by atoms with Crippen LogP contribution in [0.5, 0.6) is 5.75 Å². The van der Waals surface area contributed by atoms with Crippen molar-refractivity contribution in [2.75, 3.05) is 12.0 Å². The molecule has 2 aliphatic rings. The van der Waals surface area contributed by atoms with E-state index in [0.717, 1.165) is 9.80 Å². The molecule has 2 aromatic rings. The standard InChI is InChI=1S/C19H14N2O6/c1-27-11-8-6-10(7-9-11)20-15(19(25)26)14(18(20)24)21-16(22)12-4-2-3-5-13(12)17(21)23/h2-9,14-15H,1H3,(H,25,26). The second-order valence-electron chi connectivity index (χ2n) is 6.16. The van der Waals surface area contributed by atoms with Gasteiger partial charge >= 0.3 is 5.97 Å². The molecule has 4 rings (SSSR count). The molecule has 0 aliphatic carbocycles. The maximum absolute atomic E-state index is 12.7. The minimum Gasteiger partial charge on any atom is -0.497 e. The fourth-order valence-electron chi connectivity index (χ4n) is 3.46. The predicted molar refractivity (Wildman–Crippen MR) is 92.6 cm³/mol. The Morgan fingerprint density at radius 3 is 1.96 bits per heavy atom. The van der Waals surface area contributed by atoms with Crippen molar-refractivity contribution in [2.45, 2.75) is 12.1 Å². The zero-order chi connectivity index (χ0) is 19.3. The van der Waals surface area contributed by atoms with Crippen LogP contribution in [0.2, 0.25) is 0 Å². The minimum absolute atomic E-state index is 0.169. The van der Waals surface area contributed by atoms with Crippen molar-refractivity contribution >= 4 is 29.4 Å². The van der Waals surface area contributed by atoms with E-state index in [4.69, 9.17) is 4.74 Å². The first-order valence-corrected chi connectivity index (χ1v) is 8.12. The van der Waals surface area contributed by atoms with Gasteiger partial charge in [0.2, 0.25) is 0 Å². The molecule has 1 saturated heterocycles. The molecule has 1 fully saturated rings. The second kappa shape index (κ2) is 5.94. The van der Waals surface area contributed by atoms with Crippen molar-refractivity contribution in [3.05, 3.63) is 59.7 Å². The van der Waals surface area contributed by atoms with Gasteiger partial charge in [-0.2, -0.15) is 0 Å². The van der Waals surface area contributed by atoms with Crippen molar-refractivity contribution in [3.8, 4) is 5.75 Å². The Morgan fingerprint density at radius 1 is 0.926 bits per heavy atom. The number of aliphatic carboxylic acids is 1. The van der Waals surface area contributed by atoms with Crippen LogP contribution in [0, 0.1) is 0 Å². The van der Waals surface area contributed by atoms with Crippen molar-refractivity contribution < 1.29 is 29.0 Å². The Kier molecular flexibility index (Phi) is 3.69. The number of carboxylic acid groups (broad SMARTS) is 1. The molecule has 0 saturated carbocycles. The van der Waals surface area contributed by atoms with E-state index in [0.29, 0.717) is 11.4 Å². The fourth-order valence-corrected chi connectivity index (χ4v) is 3.46. The van der Waals surface area contributed by atoms with Gasteiger partial charge in [0, 0.05) is 5.69 Å². The highest BCUT2D eigenvalue weighted by Crippen LogP contribution is 2.36. The average molecular weight is 366 g/mol. The van der Waals surface area contributed by atoms with Gasteiger partial charge in [0.25, 0.3) is 17.7 Å². The molecule has 2 atom stereocenters. The number of imide groups is 1. The lowest BCUT2D eigenvalue weighted by atomic mass is 9.92. The molecular formula is C19H14N2O6. The molecular weight excluding hydrogens is 352 g/mol. The number of rotatable bonds is 4. The first-order chi connectivity index (χ1) is 13.0. The van der Waals surface area contributed by atoms with E-state index in [1.54, 1.807) is 36.4 Å². The first kappa shape index (κ1) is 16.8. The maximum Gasteiger partial charge on any atom is 0.329 e. The summed E-state index contributed by atoms with van der Waals surface area (Å²) in [5.74, 6) is -2.69. The van der Waals surface area contributed by atoms with E-state index in [-0.39, 0.29) is 11.1 Å². The molecule has 8 nitrogen and oxygen atoms in total. The van der Waals surface area contributed by atoms with Crippen molar-refractivity contribution in [1.82, 2.24) is 4.90 Å². The van der Waals surface area contributed by atoms with Crippen molar-refractivity contribution in [3.63, 3.8) is 0 Å². The molecule has 0 aromatic heterocycles. The predicted octanol–water partition coefficient (Wildman–Crippen LogP) is 1.16. The Bertz CT molecular complexity index is 949. The summed E-state index contributed by atoms with van der Waals surface area (Å²) in [6.07, 6.45) is 0. The first-order valence-electron chi connectivity index (χ1n) is 8.12. The summed E-state index contributed by atoms with van der Waals surface area (Å²) in [5.41, 5.74) is 0.686. The van der Waals surface area contributed by atoms with E-state index >= 15 is 0 Å². The number of hydrogen-bond donors (Lipinski definition) is 1. The highest BCUT2D eigenvalue weighted by Gasteiger charge is 2.59. The Balaban J connectivity index is 1.69. The van der Waals surface area contributed by atoms with Crippen molar-refractivity contribution in [2.24, 2.45) is 0 Å². The molecule has 0 radical (unpaired) electrons. The third-order valence-electron chi connectivity index (χ3n) is 4.77. The summed E-state index contributed by atoms with van der Waals surface area (Å²) >= 11 is 0. The summed E-state index contributed by atoms with van der Waals surface area (Å²) < 4.78 is 5.05. The van der Waals surface area contributed by atoms with Gasteiger partial charge in [-0.3, -0.25) is 24.2 Å². The van der Waals surface area contributed by atoms with Gasteiger partial charge in [-0.05, 0) is 36.4 Å². The van der Waals surface area contributed by atoms with Crippen LogP contribution in [0.15, 0.2) is 48.5 Å². The van der Waals surface area contributed by atoms with E-state index in [1.165, 1.54) is 19.2 Å². The summed E-state index contributed by atoms with van der Waals surface area (Å²) in [5, 5.41) is 9.64. The van der Waals surface area contributed by atoms with Crippen LogP contribution in [-0.2, 0) is 9.59 Å². The summed E-state index contributed by atoms with van der Waals surface area (Å²) in [6, 6.07) is 9.73. The van der Waals surface area contributed by atoms with Gasteiger partial charge in [0.15, 0.2) is 12.1 Å². The number of anilines is 1. The highest BCUT2D eigenvalue weighted by molar-refractivity contribution is 6.26. The zero-order valence-electron chi connectivity index (χ0n) is 14.2. The number of fused-ring (bicyclic) bond motifs is 1. The van der Waals surface area contributed by atoms with Crippen LogP contribution >= 0.6 is 0 Å². The molecule has 136 valence electrons. The molecule has 2 aliphatic heterocycles. The minimum atomic E-state index is -1.38. The summed E-state index contributed by atoms with van der Waals surface area (Å²) in [6.45, 7) is 0. The molecule has 2 heterocycles. The number of methoxy groups -OCH3 is 1.